The van der Waals surface area contributed by atoms with Gasteiger partial charge in [0.05, 0.1) is 19.8 Å². The van der Waals surface area contributed by atoms with Gasteiger partial charge in [0, 0.05) is 0 Å². The van der Waals surface area contributed by atoms with E-state index in [0.29, 0.717) is 5.56 Å². The van der Waals surface area contributed by atoms with Gasteiger partial charge in [0.2, 0.25) is 0 Å². The van der Waals surface area contributed by atoms with Gasteiger partial charge in [-0.05, 0) is 24.6 Å². The lowest BCUT2D eigenvalue weighted by Gasteiger charge is -2.14. The Kier molecular flexibility index (Phi) is 5.38. The molecule has 1 aromatic rings. The van der Waals surface area contributed by atoms with Crippen LogP contribution in [-0.4, -0.2) is 31.5 Å². The molecule has 18 heavy (non-hydrogen) atoms. The van der Waals surface area contributed by atoms with Crippen molar-refractivity contribution in [2.75, 3.05) is 20.3 Å². The van der Waals surface area contributed by atoms with Crippen LogP contribution in [0.1, 0.15) is 18.5 Å². The van der Waals surface area contributed by atoms with Crippen LogP contribution in [0.15, 0.2) is 18.2 Å². The highest BCUT2D eigenvalue weighted by atomic mass is 19.1. The Hall–Kier alpha value is -1.82. The van der Waals surface area contributed by atoms with Crippen molar-refractivity contribution in [2.24, 2.45) is 0 Å². The Morgan fingerprint density at radius 1 is 1.56 bits per heavy atom. The summed E-state index contributed by atoms with van der Waals surface area (Å²) in [5.41, 5.74) is 0.592. The van der Waals surface area contributed by atoms with Gasteiger partial charge in [0.1, 0.15) is 6.61 Å². The molecular weight excluding hydrogens is 241 g/mol. The second kappa shape index (κ2) is 6.80. The average molecular weight is 257 g/mol. The molecule has 0 heterocycles. The smallest absolute Gasteiger partial charge is 0.407 e. The topological polar surface area (TPSA) is 67.8 Å². The number of hydrogen-bond acceptors (Lipinski definition) is 4. The van der Waals surface area contributed by atoms with E-state index >= 15 is 0 Å². The monoisotopic (exact) mass is 257 g/mol. The highest BCUT2D eigenvalue weighted by Gasteiger charge is 2.12. The summed E-state index contributed by atoms with van der Waals surface area (Å²) in [5, 5.41) is 11.0. The number of alkyl carbamates (subject to hydrolysis) is 1. The summed E-state index contributed by atoms with van der Waals surface area (Å²) in [4.78, 5) is 11.2. The molecule has 0 radical (unpaired) electrons. The van der Waals surface area contributed by atoms with E-state index in [-0.39, 0.29) is 19.0 Å². The fraction of sp³-hybridized carbons (Fsp3) is 0.417. The van der Waals surface area contributed by atoms with Crippen LogP contribution in [0.25, 0.3) is 0 Å². The maximum absolute atomic E-state index is 13.4. The number of nitrogens with one attached hydrogen (secondary N) is 1. The predicted octanol–water partition coefficient (Wildman–Crippen LogP) is 1.61. The van der Waals surface area contributed by atoms with E-state index in [1.165, 1.54) is 19.2 Å². The summed E-state index contributed by atoms with van der Waals surface area (Å²) >= 11 is 0. The minimum Gasteiger partial charge on any atom is -0.494 e. The van der Waals surface area contributed by atoms with Crippen molar-refractivity contribution in [3.63, 3.8) is 0 Å². The van der Waals surface area contributed by atoms with Crippen molar-refractivity contribution < 1.29 is 23.8 Å². The molecule has 1 aromatic carbocycles. The van der Waals surface area contributed by atoms with Crippen LogP contribution in [-0.2, 0) is 4.74 Å². The fourth-order valence-corrected chi connectivity index (χ4v) is 1.39. The first kappa shape index (κ1) is 14.2. The predicted molar refractivity (Wildman–Crippen MR) is 62.9 cm³/mol. The van der Waals surface area contributed by atoms with E-state index in [1.807, 2.05) is 0 Å². The molecular formula is C12H16FNO4. The van der Waals surface area contributed by atoms with Gasteiger partial charge in [-0.1, -0.05) is 6.07 Å². The Bertz CT molecular complexity index is 411. The maximum atomic E-state index is 13.4. The first-order chi connectivity index (χ1) is 8.58. The molecule has 1 atom stereocenters. The van der Waals surface area contributed by atoms with Crippen molar-refractivity contribution in [3.05, 3.63) is 29.6 Å². The van der Waals surface area contributed by atoms with Crippen molar-refractivity contribution >= 4 is 6.09 Å². The second-order valence-electron chi connectivity index (χ2n) is 3.62. The summed E-state index contributed by atoms with van der Waals surface area (Å²) in [7, 11) is 1.38. The van der Waals surface area contributed by atoms with Gasteiger partial charge in [-0.3, -0.25) is 0 Å². The number of aliphatic hydroxyl groups is 1. The minimum atomic E-state index is -0.659. The van der Waals surface area contributed by atoms with E-state index in [9.17, 15) is 9.18 Å². The number of ether oxygens (including phenoxy) is 2. The SMILES string of the molecule is COc1ccc(C(C)NC(=O)OCCO)cc1F. The quantitative estimate of drug-likeness (QED) is 0.841. The zero-order valence-corrected chi connectivity index (χ0v) is 10.3. The molecule has 5 nitrogen and oxygen atoms in total. The average Bonchev–Trinajstić information content (AvgIpc) is 2.36. The van der Waals surface area contributed by atoms with Gasteiger partial charge in [-0.25, -0.2) is 9.18 Å². The van der Waals surface area contributed by atoms with Crippen LogP contribution >= 0.6 is 0 Å². The van der Waals surface area contributed by atoms with Crippen LogP contribution in [0.3, 0.4) is 0 Å². The molecule has 100 valence electrons. The Balaban J connectivity index is 2.63. The summed E-state index contributed by atoms with van der Waals surface area (Å²) in [6, 6.07) is 4.02. The lowest BCUT2D eigenvalue weighted by Crippen LogP contribution is -2.28. The highest BCUT2D eigenvalue weighted by molar-refractivity contribution is 5.67. The normalized spacial score (nSPS) is 11.8. The molecule has 0 saturated carbocycles. The van der Waals surface area contributed by atoms with Gasteiger partial charge >= 0.3 is 6.09 Å². The zero-order chi connectivity index (χ0) is 13.5. The number of halogens is 1. The molecule has 0 spiro atoms. The van der Waals surface area contributed by atoms with E-state index in [0.717, 1.165) is 0 Å². The maximum Gasteiger partial charge on any atom is 0.407 e. The summed E-state index contributed by atoms with van der Waals surface area (Å²) in [6.07, 6.45) is -0.659. The first-order valence-corrected chi connectivity index (χ1v) is 5.46. The summed E-state index contributed by atoms with van der Waals surface area (Å²) in [5.74, 6) is -0.346. The molecule has 0 bridgehead atoms. The van der Waals surface area contributed by atoms with E-state index in [2.05, 4.69) is 10.1 Å². The number of amides is 1. The van der Waals surface area contributed by atoms with Crippen LogP contribution in [0.2, 0.25) is 0 Å². The van der Waals surface area contributed by atoms with Crippen LogP contribution in [0.5, 0.6) is 5.75 Å². The third kappa shape index (κ3) is 3.89. The summed E-state index contributed by atoms with van der Waals surface area (Å²) in [6.45, 7) is 1.38. The van der Waals surface area contributed by atoms with Gasteiger partial charge in [-0.15, -0.1) is 0 Å². The zero-order valence-electron chi connectivity index (χ0n) is 10.3. The third-order valence-electron chi connectivity index (χ3n) is 2.33. The van der Waals surface area contributed by atoms with Crippen molar-refractivity contribution in [1.29, 1.82) is 0 Å². The number of carbonyl (C=O) groups is 1. The van der Waals surface area contributed by atoms with Crippen LogP contribution < -0.4 is 10.1 Å². The van der Waals surface area contributed by atoms with Crippen molar-refractivity contribution in [1.82, 2.24) is 5.32 Å². The number of benzene rings is 1. The molecule has 0 saturated heterocycles. The first-order valence-electron chi connectivity index (χ1n) is 5.46. The van der Waals surface area contributed by atoms with Gasteiger partial charge < -0.3 is 19.9 Å². The molecule has 1 amide bonds. The van der Waals surface area contributed by atoms with E-state index in [1.54, 1.807) is 13.0 Å². The summed E-state index contributed by atoms with van der Waals surface area (Å²) < 4.78 is 22.9. The lowest BCUT2D eigenvalue weighted by atomic mass is 10.1. The largest absolute Gasteiger partial charge is 0.494 e. The minimum absolute atomic E-state index is 0.0739. The molecule has 6 heteroatoms. The molecule has 1 rings (SSSR count). The Morgan fingerprint density at radius 3 is 2.83 bits per heavy atom. The third-order valence-corrected chi connectivity index (χ3v) is 2.33. The van der Waals surface area contributed by atoms with Gasteiger partial charge in [0.15, 0.2) is 11.6 Å². The fourth-order valence-electron chi connectivity index (χ4n) is 1.39. The standard InChI is InChI=1S/C12H16FNO4/c1-8(14-12(16)18-6-5-15)9-3-4-11(17-2)10(13)7-9/h3-4,7-8,15H,5-6H2,1-2H3,(H,14,16). The second-order valence-corrected chi connectivity index (χ2v) is 3.62. The van der Waals surface area contributed by atoms with Crippen molar-refractivity contribution in [2.45, 2.75) is 13.0 Å². The van der Waals surface area contributed by atoms with E-state index in [4.69, 9.17) is 9.84 Å². The van der Waals surface area contributed by atoms with Crippen molar-refractivity contribution in [3.8, 4) is 5.75 Å². The molecule has 0 aliphatic heterocycles. The van der Waals surface area contributed by atoms with Crippen LogP contribution in [0, 0.1) is 5.82 Å². The van der Waals surface area contributed by atoms with Crippen LogP contribution in [0.4, 0.5) is 9.18 Å². The molecule has 0 aliphatic rings. The van der Waals surface area contributed by atoms with Gasteiger partial charge in [0.25, 0.3) is 0 Å². The van der Waals surface area contributed by atoms with E-state index < -0.39 is 18.0 Å². The molecule has 0 aliphatic carbocycles. The molecule has 0 aromatic heterocycles. The number of methoxy groups -OCH3 is 1. The number of rotatable bonds is 5. The number of hydrogen-bond donors (Lipinski definition) is 2. The molecule has 2 N–H and O–H groups in total. The lowest BCUT2D eigenvalue weighted by molar-refractivity contribution is 0.116. The Labute approximate surface area is 105 Å². The molecule has 0 fully saturated rings. The number of aliphatic hydroxyl groups excluding tert-OH is 1. The highest BCUT2D eigenvalue weighted by Crippen LogP contribution is 2.21. The van der Waals surface area contributed by atoms with Gasteiger partial charge in [-0.2, -0.15) is 0 Å². The molecule has 1 unspecified atom stereocenters. The number of carbonyl (C=O) groups excluding carboxylic acids is 1. The Morgan fingerprint density at radius 2 is 2.28 bits per heavy atom.